The van der Waals surface area contributed by atoms with E-state index in [-0.39, 0.29) is 6.04 Å². The van der Waals surface area contributed by atoms with Gasteiger partial charge in [0.05, 0.1) is 5.01 Å². The van der Waals surface area contributed by atoms with E-state index in [2.05, 4.69) is 17.2 Å². The lowest BCUT2D eigenvalue weighted by molar-refractivity contribution is 0.452. The van der Waals surface area contributed by atoms with E-state index < -0.39 is 0 Å². The van der Waals surface area contributed by atoms with Crippen molar-refractivity contribution >= 4 is 11.3 Å². The molecule has 1 aromatic carbocycles. The number of aryl methyl sites for hydroxylation is 2. The molecular weight excluding hydrogens is 244 g/mol. The molecule has 3 nitrogen and oxygen atoms in total. The quantitative estimate of drug-likeness (QED) is 0.888. The van der Waals surface area contributed by atoms with Crippen molar-refractivity contribution in [2.24, 2.45) is 0 Å². The van der Waals surface area contributed by atoms with Crippen LogP contribution in [0.2, 0.25) is 0 Å². The largest absolute Gasteiger partial charge is 0.508 e. The molecule has 0 aliphatic heterocycles. The number of phenolic OH excluding ortho intramolecular Hbond substituents is 1. The average molecular weight is 262 g/mol. The Morgan fingerprint density at radius 1 is 1.39 bits per heavy atom. The Morgan fingerprint density at radius 2 is 2.17 bits per heavy atom. The molecule has 18 heavy (non-hydrogen) atoms. The van der Waals surface area contributed by atoms with Crippen LogP contribution in [0, 0.1) is 13.8 Å². The van der Waals surface area contributed by atoms with Crippen molar-refractivity contribution in [3.05, 3.63) is 45.4 Å². The summed E-state index contributed by atoms with van der Waals surface area (Å²) in [5.41, 5.74) is 2.10. The first kappa shape index (κ1) is 13.1. The minimum atomic E-state index is 0.118. The van der Waals surface area contributed by atoms with Gasteiger partial charge in [0.2, 0.25) is 0 Å². The number of nitrogens with one attached hydrogen (secondary N) is 1. The van der Waals surface area contributed by atoms with Gasteiger partial charge in [0.1, 0.15) is 5.75 Å². The lowest BCUT2D eigenvalue weighted by Crippen LogP contribution is -2.17. The zero-order chi connectivity index (χ0) is 13.1. The fourth-order valence-electron chi connectivity index (χ4n) is 1.87. The van der Waals surface area contributed by atoms with E-state index in [1.165, 1.54) is 4.88 Å². The molecule has 0 saturated heterocycles. The number of hydrogen-bond acceptors (Lipinski definition) is 4. The highest BCUT2D eigenvalue weighted by atomic mass is 32.1. The highest BCUT2D eigenvalue weighted by Crippen LogP contribution is 2.25. The van der Waals surface area contributed by atoms with E-state index in [0.717, 1.165) is 22.7 Å². The highest BCUT2D eigenvalue weighted by Gasteiger charge is 2.10. The third-order valence-electron chi connectivity index (χ3n) is 2.90. The summed E-state index contributed by atoms with van der Waals surface area (Å²) in [5, 5.41) is 14.3. The van der Waals surface area contributed by atoms with E-state index in [9.17, 15) is 5.11 Å². The van der Waals surface area contributed by atoms with Crippen LogP contribution in [-0.4, -0.2) is 10.1 Å². The van der Waals surface area contributed by atoms with Crippen molar-refractivity contribution in [3.63, 3.8) is 0 Å². The first-order chi connectivity index (χ1) is 8.56. The zero-order valence-electron chi connectivity index (χ0n) is 10.9. The first-order valence-electron chi connectivity index (χ1n) is 6.00. The molecule has 2 rings (SSSR count). The van der Waals surface area contributed by atoms with Crippen LogP contribution in [0.15, 0.2) is 24.4 Å². The number of thiazole rings is 1. The standard InChI is InChI=1S/C14H18N2OS/c1-9-4-5-14(17)13(6-9)10(2)15-7-12-8-16-11(3)18-12/h4-6,8,10,15,17H,7H2,1-3H3. The van der Waals surface area contributed by atoms with Crippen LogP contribution < -0.4 is 5.32 Å². The van der Waals surface area contributed by atoms with E-state index in [1.807, 2.05) is 32.2 Å². The van der Waals surface area contributed by atoms with Crippen molar-refractivity contribution in [1.82, 2.24) is 10.3 Å². The van der Waals surface area contributed by atoms with Gasteiger partial charge in [-0.3, -0.25) is 0 Å². The number of aromatic nitrogens is 1. The SMILES string of the molecule is Cc1ccc(O)c(C(C)NCc2cnc(C)s2)c1. The molecule has 0 aliphatic rings. The highest BCUT2D eigenvalue weighted by molar-refractivity contribution is 7.11. The molecular formula is C14H18N2OS. The third kappa shape index (κ3) is 3.09. The van der Waals surface area contributed by atoms with E-state index in [4.69, 9.17) is 0 Å². The summed E-state index contributed by atoms with van der Waals surface area (Å²) in [6.45, 7) is 6.87. The van der Waals surface area contributed by atoms with Gasteiger partial charge in [0.25, 0.3) is 0 Å². The minimum absolute atomic E-state index is 0.118. The van der Waals surface area contributed by atoms with Gasteiger partial charge >= 0.3 is 0 Å². The number of nitrogens with zero attached hydrogens (tertiary/aromatic N) is 1. The lowest BCUT2D eigenvalue weighted by atomic mass is 10.0. The van der Waals surface area contributed by atoms with Gasteiger partial charge in [0.15, 0.2) is 0 Å². The Hall–Kier alpha value is -1.39. The molecule has 0 bridgehead atoms. The minimum Gasteiger partial charge on any atom is -0.508 e. The zero-order valence-corrected chi connectivity index (χ0v) is 11.7. The van der Waals surface area contributed by atoms with Gasteiger partial charge in [-0.25, -0.2) is 4.98 Å². The molecule has 1 atom stereocenters. The molecule has 0 aliphatic carbocycles. The van der Waals surface area contributed by atoms with Crippen LogP contribution >= 0.6 is 11.3 Å². The Morgan fingerprint density at radius 3 is 2.83 bits per heavy atom. The molecule has 1 heterocycles. The molecule has 0 spiro atoms. The number of rotatable bonds is 4. The monoisotopic (exact) mass is 262 g/mol. The van der Waals surface area contributed by atoms with Crippen molar-refractivity contribution in [2.45, 2.75) is 33.4 Å². The fraction of sp³-hybridized carbons (Fsp3) is 0.357. The molecule has 2 N–H and O–H groups in total. The number of benzene rings is 1. The van der Waals surface area contributed by atoms with Crippen LogP contribution in [0.4, 0.5) is 0 Å². The molecule has 0 amide bonds. The second-order valence-corrected chi connectivity index (χ2v) is 5.83. The Labute approximate surface area is 112 Å². The van der Waals surface area contributed by atoms with Gasteiger partial charge in [-0.15, -0.1) is 11.3 Å². The smallest absolute Gasteiger partial charge is 0.120 e. The summed E-state index contributed by atoms with van der Waals surface area (Å²) < 4.78 is 0. The fourth-order valence-corrected chi connectivity index (χ4v) is 2.62. The maximum absolute atomic E-state index is 9.86. The molecule has 2 aromatic rings. The summed E-state index contributed by atoms with van der Waals surface area (Å²) in [6, 6.07) is 5.80. The maximum atomic E-state index is 9.86. The predicted molar refractivity (Wildman–Crippen MR) is 74.9 cm³/mol. The second-order valence-electron chi connectivity index (χ2n) is 4.51. The van der Waals surface area contributed by atoms with Gasteiger partial charge in [-0.2, -0.15) is 0 Å². The number of hydrogen-bond donors (Lipinski definition) is 2. The van der Waals surface area contributed by atoms with Gasteiger partial charge in [0, 0.05) is 29.2 Å². The number of aromatic hydroxyl groups is 1. The molecule has 4 heteroatoms. The lowest BCUT2D eigenvalue weighted by Gasteiger charge is -2.15. The molecule has 1 unspecified atom stereocenters. The Balaban J connectivity index is 2.03. The van der Waals surface area contributed by atoms with Crippen molar-refractivity contribution in [1.29, 1.82) is 0 Å². The van der Waals surface area contributed by atoms with Crippen LogP contribution in [-0.2, 0) is 6.54 Å². The molecule has 96 valence electrons. The van der Waals surface area contributed by atoms with E-state index in [1.54, 1.807) is 17.4 Å². The second kappa shape index (κ2) is 5.50. The summed E-state index contributed by atoms with van der Waals surface area (Å²) in [6.07, 6.45) is 1.90. The number of phenols is 1. The van der Waals surface area contributed by atoms with Crippen molar-refractivity contribution < 1.29 is 5.11 Å². The molecule has 0 fully saturated rings. The summed E-state index contributed by atoms with van der Waals surface area (Å²) in [5.74, 6) is 0.348. The van der Waals surface area contributed by atoms with E-state index in [0.29, 0.717) is 5.75 Å². The van der Waals surface area contributed by atoms with E-state index >= 15 is 0 Å². The van der Waals surface area contributed by atoms with Crippen molar-refractivity contribution in [3.8, 4) is 5.75 Å². The van der Waals surface area contributed by atoms with Crippen LogP contribution in [0.3, 0.4) is 0 Å². The van der Waals surface area contributed by atoms with Gasteiger partial charge in [-0.1, -0.05) is 17.7 Å². The molecule has 1 aromatic heterocycles. The van der Waals surface area contributed by atoms with Crippen molar-refractivity contribution in [2.75, 3.05) is 0 Å². The van der Waals surface area contributed by atoms with Crippen LogP contribution in [0.25, 0.3) is 0 Å². The normalized spacial score (nSPS) is 12.6. The topological polar surface area (TPSA) is 45.1 Å². The van der Waals surface area contributed by atoms with Gasteiger partial charge < -0.3 is 10.4 Å². The third-order valence-corrected chi connectivity index (χ3v) is 3.81. The Kier molecular flexibility index (Phi) is 3.99. The molecule has 0 radical (unpaired) electrons. The van der Waals surface area contributed by atoms with Crippen LogP contribution in [0.5, 0.6) is 5.75 Å². The summed E-state index contributed by atoms with van der Waals surface area (Å²) >= 11 is 1.70. The van der Waals surface area contributed by atoms with Crippen LogP contribution in [0.1, 0.15) is 34.0 Å². The average Bonchev–Trinajstić information content (AvgIpc) is 2.75. The molecule has 0 saturated carbocycles. The Bertz CT molecular complexity index is 536. The summed E-state index contributed by atoms with van der Waals surface area (Å²) in [4.78, 5) is 5.44. The summed E-state index contributed by atoms with van der Waals surface area (Å²) in [7, 11) is 0. The predicted octanol–water partition coefficient (Wildman–Crippen LogP) is 3.32. The first-order valence-corrected chi connectivity index (χ1v) is 6.82. The maximum Gasteiger partial charge on any atom is 0.120 e. The van der Waals surface area contributed by atoms with Gasteiger partial charge in [-0.05, 0) is 26.8 Å².